The number of alkyl halides is 3. The molecule has 0 saturated heterocycles. The fourth-order valence-corrected chi connectivity index (χ4v) is 1.16. The lowest BCUT2D eigenvalue weighted by atomic mass is 10.1. The predicted molar refractivity (Wildman–Crippen MR) is 57.6 cm³/mol. The molecule has 1 rings (SSSR count). The molecule has 1 aromatic heterocycles. The van der Waals surface area contributed by atoms with Crippen molar-refractivity contribution < 1.29 is 17.9 Å². The van der Waals surface area contributed by atoms with Crippen molar-refractivity contribution in [3.05, 3.63) is 24.0 Å². The number of rotatable bonds is 4. The smallest absolute Gasteiger partial charge is 0.425 e. The Morgan fingerprint density at radius 2 is 2.06 bits per heavy atom. The van der Waals surface area contributed by atoms with Gasteiger partial charge in [-0.15, -0.1) is 0 Å². The fourth-order valence-electron chi connectivity index (χ4n) is 1.16. The number of hydrogen-bond donors (Lipinski definition) is 1. The topological polar surface area (TPSA) is 48.1 Å². The first-order valence-electron chi connectivity index (χ1n) is 5.29. The molecule has 1 aromatic rings. The number of pyridine rings is 1. The number of nitrogens with zero attached hydrogens (tertiary/aromatic N) is 1. The molecule has 1 heterocycles. The summed E-state index contributed by atoms with van der Waals surface area (Å²) in [6.45, 7) is 2.86. The molecule has 0 fully saturated rings. The van der Waals surface area contributed by atoms with E-state index in [1.165, 1.54) is 12.3 Å². The van der Waals surface area contributed by atoms with E-state index in [0.29, 0.717) is 12.1 Å². The molecule has 17 heavy (non-hydrogen) atoms. The first-order chi connectivity index (χ1) is 7.84. The van der Waals surface area contributed by atoms with Crippen LogP contribution in [-0.2, 0) is 0 Å². The van der Waals surface area contributed by atoms with Gasteiger partial charge < -0.3 is 10.5 Å². The van der Waals surface area contributed by atoms with E-state index in [4.69, 9.17) is 10.5 Å². The third-order valence-corrected chi connectivity index (χ3v) is 2.35. The molecule has 96 valence electrons. The monoisotopic (exact) mass is 248 g/mol. The summed E-state index contributed by atoms with van der Waals surface area (Å²) >= 11 is 0. The van der Waals surface area contributed by atoms with Gasteiger partial charge in [0.2, 0.25) is 0 Å². The van der Waals surface area contributed by atoms with Crippen molar-refractivity contribution in [3.63, 3.8) is 0 Å². The zero-order valence-electron chi connectivity index (χ0n) is 9.66. The van der Waals surface area contributed by atoms with E-state index in [1.807, 2.05) is 6.92 Å². The summed E-state index contributed by atoms with van der Waals surface area (Å²) < 4.78 is 41.4. The Bertz CT molecular complexity index is 351. The lowest BCUT2D eigenvalue weighted by Gasteiger charge is -2.17. The Hall–Kier alpha value is -1.30. The van der Waals surface area contributed by atoms with Gasteiger partial charge in [-0.25, -0.2) is 0 Å². The van der Waals surface area contributed by atoms with Crippen LogP contribution in [0, 0.1) is 0 Å². The van der Waals surface area contributed by atoms with Gasteiger partial charge in [-0.3, -0.25) is 4.98 Å². The number of halogens is 3. The van der Waals surface area contributed by atoms with Gasteiger partial charge >= 0.3 is 6.18 Å². The van der Waals surface area contributed by atoms with E-state index in [2.05, 4.69) is 4.98 Å². The van der Waals surface area contributed by atoms with Crippen LogP contribution in [0.5, 0.6) is 5.75 Å². The maximum atomic E-state index is 12.2. The van der Waals surface area contributed by atoms with E-state index >= 15 is 0 Å². The molecule has 3 nitrogen and oxygen atoms in total. The second-order valence-electron chi connectivity index (χ2n) is 3.74. The van der Waals surface area contributed by atoms with Crippen LogP contribution < -0.4 is 10.5 Å². The van der Waals surface area contributed by atoms with Gasteiger partial charge in [-0.2, -0.15) is 13.2 Å². The molecule has 0 saturated carbocycles. The molecule has 0 spiro atoms. The molecule has 0 amide bonds. The average molecular weight is 248 g/mol. The highest BCUT2D eigenvalue weighted by molar-refractivity contribution is 5.21. The zero-order valence-corrected chi connectivity index (χ0v) is 9.66. The quantitative estimate of drug-likeness (QED) is 0.891. The van der Waals surface area contributed by atoms with Crippen LogP contribution in [0.1, 0.15) is 32.0 Å². The molecule has 0 aliphatic rings. The van der Waals surface area contributed by atoms with Crippen molar-refractivity contribution in [1.29, 1.82) is 0 Å². The summed E-state index contributed by atoms with van der Waals surface area (Å²) in [6.07, 6.45) is -4.26. The fraction of sp³-hybridized carbons (Fsp3) is 0.545. The minimum absolute atomic E-state index is 0.0851. The van der Waals surface area contributed by atoms with Crippen molar-refractivity contribution in [2.24, 2.45) is 5.73 Å². The highest BCUT2D eigenvalue weighted by atomic mass is 19.4. The summed E-state index contributed by atoms with van der Waals surface area (Å²) in [5, 5.41) is 0. The summed E-state index contributed by atoms with van der Waals surface area (Å²) in [4.78, 5) is 3.97. The Balaban J connectivity index is 2.69. The second-order valence-corrected chi connectivity index (χ2v) is 3.74. The van der Waals surface area contributed by atoms with Crippen LogP contribution in [-0.4, -0.2) is 17.3 Å². The van der Waals surface area contributed by atoms with Crippen LogP contribution in [0.2, 0.25) is 0 Å². The standard InChI is InChI=1S/C11H15F3N2O/c1-3-9(15)10-5-4-8(6-16-10)17-7(2)11(12,13)14/h4-7,9H,3,15H2,1-2H3. The first kappa shape index (κ1) is 13.8. The van der Waals surface area contributed by atoms with Crippen molar-refractivity contribution in [3.8, 4) is 5.75 Å². The Kier molecular flexibility index (Phi) is 4.34. The summed E-state index contributed by atoms with van der Waals surface area (Å²) in [5.41, 5.74) is 6.37. The minimum Gasteiger partial charge on any atom is -0.480 e. The summed E-state index contributed by atoms with van der Waals surface area (Å²) in [7, 11) is 0. The van der Waals surface area contributed by atoms with E-state index < -0.39 is 12.3 Å². The number of hydrogen-bond acceptors (Lipinski definition) is 3. The van der Waals surface area contributed by atoms with Gasteiger partial charge in [-0.1, -0.05) is 6.92 Å². The Morgan fingerprint density at radius 3 is 2.47 bits per heavy atom. The van der Waals surface area contributed by atoms with Gasteiger partial charge in [0.1, 0.15) is 5.75 Å². The SMILES string of the molecule is CCC(N)c1ccc(OC(C)C(F)(F)F)cn1. The second kappa shape index (κ2) is 5.35. The van der Waals surface area contributed by atoms with E-state index in [-0.39, 0.29) is 11.8 Å². The van der Waals surface area contributed by atoms with Crippen LogP contribution in [0.15, 0.2) is 18.3 Å². The maximum Gasteiger partial charge on any atom is 0.425 e. The van der Waals surface area contributed by atoms with Gasteiger partial charge in [-0.05, 0) is 25.5 Å². The highest BCUT2D eigenvalue weighted by Crippen LogP contribution is 2.25. The summed E-state index contributed by atoms with van der Waals surface area (Å²) in [5.74, 6) is 0.0851. The van der Waals surface area contributed by atoms with Gasteiger partial charge in [0.25, 0.3) is 0 Å². The van der Waals surface area contributed by atoms with E-state index in [0.717, 1.165) is 6.92 Å². The zero-order chi connectivity index (χ0) is 13.1. The van der Waals surface area contributed by atoms with Crippen molar-refractivity contribution in [2.75, 3.05) is 0 Å². The summed E-state index contributed by atoms with van der Waals surface area (Å²) in [6, 6.07) is 2.82. The normalized spacial score (nSPS) is 15.4. The van der Waals surface area contributed by atoms with Crippen LogP contribution in [0.25, 0.3) is 0 Å². The van der Waals surface area contributed by atoms with E-state index in [1.54, 1.807) is 6.07 Å². The molecular formula is C11H15F3N2O. The van der Waals surface area contributed by atoms with Gasteiger partial charge in [0.15, 0.2) is 6.10 Å². The van der Waals surface area contributed by atoms with Gasteiger partial charge in [0.05, 0.1) is 11.9 Å². The van der Waals surface area contributed by atoms with Crippen molar-refractivity contribution >= 4 is 0 Å². The minimum atomic E-state index is -4.38. The molecule has 2 atom stereocenters. The largest absolute Gasteiger partial charge is 0.480 e. The molecule has 0 aliphatic heterocycles. The van der Waals surface area contributed by atoms with Crippen molar-refractivity contribution in [2.45, 2.75) is 38.6 Å². The van der Waals surface area contributed by atoms with Crippen LogP contribution >= 0.6 is 0 Å². The third kappa shape index (κ3) is 3.89. The molecule has 0 radical (unpaired) electrons. The van der Waals surface area contributed by atoms with Crippen molar-refractivity contribution in [1.82, 2.24) is 4.98 Å². The van der Waals surface area contributed by atoms with Crippen LogP contribution in [0.3, 0.4) is 0 Å². The lowest BCUT2D eigenvalue weighted by molar-refractivity contribution is -0.189. The molecule has 2 N–H and O–H groups in total. The molecule has 2 unspecified atom stereocenters. The lowest BCUT2D eigenvalue weighted by Crippen LogP contribution is -2.31. The third-order valence-electron chi connectivity index (χ3n) is 2.35. The molecular weight excluding hydrogens is 233 g/mol. The van der Waals surface area contributed by atoms with E-state index in [9.17, 15) is 13.2 Å². The molecule has 0 aliphatic carbocycles. The highest BCUT2D eigenvalue weighted by Gasteiger charge is 2.38. The average Bonchev–Trinajstić information content (AvgIpc) is 2.27. The number of nitrogens with two attached hydrogens (primary N) is 1. The van der Waals surface area contributed by atoms with Crippen LogP contribution in [0.4, 0.5) is 13.2 Å². The number of ether oxygens (including phenoxy) is 1. The molecule has 6 heteroatoms. The maximum absolute atomic E-state index is 12.2. The Labute approximate surface area is 97.8 Å². The predicted octanol–water partition coefficient (Wildman–Crippen LogP) is 2.82. The van der Waals surface area contributed by atoms with Gasteiger partial charge in [0, 0.05) is 6.04 Å². The first-order valence-corrected chi connectivity index (χ1v) is 5.29. The number of aromatic nitrogens is 1. The molecule has 0 aromatic carbocycles. The molecule has 0 bridgehead atoms. The Morgan fingerprint density at radius 1 is 1.41 bits per heavy atom.